The number of aromatic nitrogens is 5. The zero-order valence-corrected chi connectivity index (χ0v) is 36.3. The first kappa shape index (κ1) is 37.7. The molecule has 14 aromatic rings. The van der Waals surface area contributed by atoms with Crippen molar-refractivity contribution in [1.29, 1.82) is 5.26 Å². The molecule has 0 radical (unpaired) electrons. The van der Waals surface area contributed by atoms with Gasteiger partial charge in [-0.25, -0.2) is 4.85 Å². The van der Waals surface area contributed by atoms with Crippen LogP contribution in [0.15, 0.2) is 213 Å². The van der Waals surface area contributed by atoms with Crippen molar-refractivity contribution in [3.8, 4) is 39.9 Å². The molecule has 68 heavy (non-hydrogen) atoms. The quantitative estimate of drug-likeness (QED) is 0.162. The fourth-order valence-electron chi connectivity index (χ4n) is 11.0. The Hall–Kier alpha value is -9.69. The molecule has 9 aromatic carbocycles. The summed E-state index contributed by atoms with van der Waals surface area (Å²) >= 11 is 0. The van der Waals surface area contributed by atoms with Crippen LogP contribution in [0.4, 0.5) is 5.69 Å². The number of nitrogens with zero attached hydrogens (tertiary/aromatic N) is 7. The van der Waals surface area contributed by atoms with Crippen molar-refractivity contribution in [2.24, 2.45) is 0 Å². The van der Waals surface area contributed by atoms with E-state index in [2.05, 4.69) is 205 Å². The number of para-hydroxylation sites is 4. The van der Waals surface area contributed by atoms with E-state index in [1.165, 1.54) is 16.2 Å². The van der Waals surface area contributed by atoms with Gasteiger partial charge in [0.1, 0.15) is 0 Å². The predicted molar refractivity (Wildman–Crippen MR) is 278 cm³/mol. The first-order valence-electron chi connectivity index (χ1n) is 22.6. The second kappa shape index (κ2) is 14.4. The molecule has 5 aromatic heterocycles. The SMILES string of the molecule is [C-]#[N+]c1ccc2c3ccc4c5ccccc5n(-c5ccccc5)c4c3n(-c3ccc(-c4cncc(-n5c6cc(C#N)ccc6c6ccc7c8ccccc8n(-c8ccccc8)c7c65)c4)cc3)c2c1. The van der Waals surface area contributed by atoms with Gasteiger partial charge in [0, 0.05) is 77.4 Å². The van der Waals surface area contributed by atoms with Gasteiger partial charge in [-0.05, 0) is 78.4 Å². The second-order valence-corrected chi connectivity index (χ2v) is 17.4. The zero-order chi connectivity index (χ0) is 45.0. The molecule has 14 rings (SSSR count). The molecular formula is C61H35N7. The van der Waals surface area contributed by atoms with Crippen LogP contribution in [0.3, 0.4) is 0 Å². The first-order chi connectivity index (χ1) is 33.7. The Kier molecular flexibility index (Phi) is 7.98. The Morgan fingerprint density at radius 3 is 1.35 bits per heavy atom. The van der Waals surface area contributed by atoms with E-state index in [-0.39, 0.29) is 0 Å². The van der Waals surface area contributed by atoms with Gasteiger partial charge < -0.3 is 18.3 Å². The molecule has 0 unspecified atom stereocenters. The van der Waals surface area contributed by atoms with Crippen molar-refractivity contribution in [3.05, 3.63) is 230 Å². The lowest BCUT2D eigenvalue weighted by molar-refractivity contribution is 1.13. The molecule has 0 atom stereocenters. The topological polar surface area (TPSA) is 60.8 Å². The highest BCUT2D eigenvalue weighted by Gasteiger charge is 2.24. The minimum Gasteiger partial charge on any atom is -0.308 e. The highest BCUT2D eigenvalue weighted by Crippen LogP contribution is 2.44. The zero-order valence-electron chi connectivity index (χ0n) is 36.3. The van der Waals surface area contributed by atoms with Crippen LogP contribution in [0.2, 0.25) is 0 Å². The molecule has 0 amide bonds. The molecule has 0 aliphatic rings. The van der Waals surface area contributed by atoms with Gasteiger partial charge in [-0.15, -0.1) is 0 Å². The van der Waals surface area contributed by atoms with Gasteiger partial charge >= 0.3 is 0 Å². The summed E-state index contributed by atoms with van der Waals surface area (Å²) in [5.74, 6) is 0. The third kappa shape index (κ3) is 5.30. The Morgan fingerprint density at radius 1 is 0.368 bits per heavy atom. The third-order valence-electron chi connectivity index (χ3n) is 13.8. The van der Waals surface area contributed by atoms with E-state index in [0.29, 0.717) is 11.3 Å². The normalized spacial score (nSPS) is 11.8. The van der Waals surface area contributed by atoms with E-state index < -0.39 is 0 Å². The van der Waals surface area contributed by atoms with Gasteiger partial charge in [0.25, 0.3) is 0 Å². The van der Waals surface area contributed by atoms with Gasteiger partial charge in [0.15, 0.2) is 5.69 Å². The van der Waals surface area contributed by atoms with E-state index in [0.717, 1.165) is 105 Å². The summed E-state index contributed by atoms with van der Waals surface area (Å²) < 4.78 is 9.37. The summed E-state index contributed by atoms with van der Waals surface area (Å²) in [5, 5.41) is 19.2. The molecule has 0 spiro atoms. The molecule has 5 heterocycles. The summed E-state index contributed by atoms with van der Waals surface area (Å²) in [7, 11) is 0. The van der Waals surface area contributed by atoms with Crippen LogP contribution in [0.25, 0.3) is 126 Å². The summed E-state index contributed by atoms with van der Waals surface area (Å²) in [6, 6.07) is 72.6. The Labute approximate surface area is 389 Å². The smallest absolute Gasteiger partial charge is 0.189 e. The standard InChI is InChI=1S/C61H35N7/c1-63-41-23-27-49-53-31-29-50-46-16-8-10-18-54(46)65(42-12-4-2-5-13-42)58(50)60(53)67(57(49)34-41)44-24-21-39(22-25-44)40-33-45(37-64-36-40)68-56-32-38(35-62)20-26-48(56)52-30-28-51-47-17-9-11-19-55(47)66(59(51)61(52)68)43-14-6-3-7-15-43/h2-34,36-37H. The lowest BCUT2D eigenvalue weighted by Gasteiger charge is -2.14. The predicted octanol–water partition coefficient (Wildman–Crippen LogP) is 15.6. The summed E-state index contributed by atoms with van der Waals surface area (Å²) in [6.07, 6.45) is 3.85. The van der Waals surface area contributed by atoms with Crippen molar-refractivity contribution < 1.29 is 0 Å². The number of pyridine rings is 1. The summed E-state index contributed by atoms with van der Waals surface area (Å²) in [6.45, 7) is 7.98. The molecule has 314 valence electrons. The molecule has 7 heteroatoms. The molecule has 0 saturated heterocycles. The fraction of sp³-hybridized carbons (Fsp3) is 0. The van der Waals surface area contributed by atoms with Crippen LogP contribution in [-0.4, -0.2) is 23.3 Å². The maximum absolute atomic E-state index is 10.2. The molecule has 7 nitrogen and oxygen atoms in total. The van der Waals surface area contributed by atoms with E-state index in [1.54, 1.807) is 0 Å². The molecule has 0 fully saturated rings. The largest absolute Gasteiger partial charge is 0.308 e. The lowest BCUT2D eigenvalue weighted by Crippen LogP contribution is -2.00. The molecule has 0 aliphatic carbocycles. The first-order valence-corrected chi connectivity index (χ1v) is 22.6. The highest BCUT2D eigenvalue weighted by molar-refractivity contribution is 6.25. The van der Waals surface area contributed by atoms with Crippen molar-refractivity contribution in [3.63, 3.8) is 0 Å². The monoisotopic (exact) mass is 865 g/mol. The summed E-state index contributed by atoms with van der Waals surface area (Å²) in [4.78, 5) is 8.79. The average Bonchev–Trinajstić information content (AvgIpc) is 4.14. The Morgan fingerprint density at radius 2 is 0.809 bits per heavy atom. The Balaban J connectivity index is 0.994. The van der Waals surface area contributed by atoms with Crippen molar-refractivity contribution in [1.82, 2.24) is 23.3 Å². The number of hydrogen-bond acceptors (Lipinski definition) is 2. The van der Waals surface area contributed by atoms with Crippen LogP contribution in [-0.2, 0) is 0 Å². The van der Waals surface area contributed by atoms with Crippen LogP contribution in [0.5, 0.6) is 0 Å². The van der Waals surface area contributed by atoms with Gasteiger partial charge in [0.05, 0.1) is 68.7 Å². The number of fused-ring (bicyclic) bond motifs is 14. The van der Waals surface area contributed by atoms with Crippen molar-refractivity contribution in [2.75, 3.05) is 0 Å². The number of hydrogen-bond donors (Lipinski definition) is 0. The molecule has 0 bridgehead atoms. The minimum atomic E-state index is 0.592. The number of nitriles is 1. The van der Waals surface area contributed by atoms with Gasteiger partial charge in [-0.3, -0.25) is 4.98 Å². The highest BCUT2D eigenvalue weighted by atomic mass is 15.1. The third-order valence-corrected chi connectivity index (χ3v) is 13.8. The maximum Gasteiger partial charge on any atom is 0.189 e. The second-order valence-electron chi connectivity index (χ2n) is 17.4. The van der Waals surface area contributed by atoms with Gasteiger partial charge in [0.2, 0.25) is 0 Å². The minimum absolute atomic E-state index is 0.592. The molecule has 0 N–H and O–H groups in total. The maximum atomic E-state index is 10.2. The van der Waals surface area contributed by atoms with Crippen LogP contribution in [0.1, 0.15) is 5.56 Å². The summed E-state index contributed by atoms with van der Waals surface area (Å²) in [5.41, 5.74) is 15.7. The van der Waals surface area contributed by atoms with E-state index >= 15 is 0 Å². The average molecular weight is 866 g/mol. The van der Waals surface area contributed by atoms with E-state index in [1.807, 2.05) is 36.7 Å². The Bertz CT molecular complexity index is 4500. The molecular weight excluding hydrogens is 831 g/mol. The van der Waals surface area contributed by atoms with Crippen LogP contribution in [0, 0.1) is 17.9 Å². The molecule has 0 aliphatic heterocycles. The van der Waals surface area contributed by atoms with E-state index in [4.69, 9.17) is 11.6 Å². The lowest BCUT2D eigenvalue weighted by atomic mass is 10.1. The van der Waals surface area contributed by atoms with Gasteiger partial charge in [-0.1, -0.05) is 127 Å². The molecule has 0 saturated carbocycles. The number of rotatable bonds is 5. The fourth-order valence-corrected chi connectivity index (χ4v) is 11.0. The van der Waals surface area contributed by atoms with E-state index in [9.17, 15) is 5.26 Å². The van der Waals surface area contributed by atoms with Gasteiger partial charge in [-0.2, -0.15) is 5.26 Å². The number of benzene rings is 9. The van der Waals surface area contributed by atoms with Crippen LogP contribution >= 0.6 is 0 Å². The van der Waals surface area contributed by atoms with Crippen molar-refractivity contribution >= 4 is 92.9 Å². The van der Waals surface area contributed by atoms with Crippen molar-refractivity contribution in [2.45, 2.75) is 0 Å². The van der Waals surface area contributed by atoms with Crippen LogP contribution < -0.4 is 0 Å².